The minimum Gasteiger partial charge on any atom is -0.361 e. The summed E-state index contributed by atoms with van der Waals surface area (Å²) in [5, 5.41) is 8.88. The molecule has 0 aliphatic rings. The Kier molecular flexibility index (Phi) is 4.98. The summed E-state index contributed by atoms with van der Waals surface area (Å²) in [6.07, 6.45) is 3.18. The number of rotatable bonds is 6. The fourth-order valence-electron chi connectivity index (χ4n) is 3.61. The van der Waals surface area contributed by atoms with Gasteiger partial charge in [0.15, 0.2) is 0 Å². The molecule has 0 aliphatic heterocycles. The molecular formula is C23H24N4O. The van der Waals surface area contributed by atoms with Gasteiger partial charge in [-0.25, -0.2) is 4.68 Å². The fourth-order valence-corrected chi connectivity index (χ4v) is 3.61. The van der Waals surface area contributed by atoms with Crippen molar-refractivity contribution in [1.29, 1.82) is 0 Å². The van der Waals surface area contributed by atoms with Gasteiger partial charge in [-0.2, -0.15) is 5.10 Å². The molecule has 4 aromatic rings. The zero-order chi connectivity index (χ0) is 19.5. The number of fused-ring (bicyclic) bond motifs is 1. The largest absolute Gasteiger partial charge is 0.361 e. The van der Waals surface area contributed by atoms with Crippen molar-refractivity contribution in [2.24, 2.45) is 0 Å². The zero-order valence-electron chi connectivity index (χ0n) is 16.2. The average molecular weight is 372 g/mol. The van der Waals surface area contributed by atoms with Crippen molar-refractivity contribution in [1.82, 2.24) is 20.1 Å². The number of carbonyl (C=O) groups excluding carboxylic acids is 1. The molecule has 0 radical (unpaired) electrons. The van der Waals surface area contributed by atoms with Gasteiger partial charge in [0.1, 0.15) is 0 Å². The topological polar surface area (TPSA) is 62.7 Å². The fraction of sp³-hybridized carbons (Fsp3) is 0.217. The Hall–Kier alpha value is -3.34. The van der Waals surface area contributed by atoms with Crippen molar-refractivity contribution in [2.75, 3.05) is 0 Å². The molecular weight excluding hydrogens is 348 g/mol. The van der Waals surface area contributed by atoms with Crippen LogP contribution >= 0.6 is 0 Å². The molecule has 0 unspecified atom stereocenters. The number of aromatic nitrogens is 3. The third-order valence-electron chi connectivity index (χ3n) is 5.20. The maximum atomic E-state index is 12.4. The number of hydrogen-bond donors (Lipinski definition) is 2. The van der Waals surface area contributed by atoms with Crippen LogP contribution in [0.15, 0.2) is 60.8 Å². The van der Waals surface area contributed by atoms with Crippen molar-refractivity contribution in [3.63, 3.8) is 0 Å². The lowest BCUT2D eigenvalue weighted by Crippen LogP contribution is -2.23. The minimum atomic E-state index is 0.0524. The first kappa shape index (κ1) is 18.0. The number of benzene rings is 2. The molecule has 4 rings (SSSR count). The van der Waals surface area contributed by atoms with Crippen LogP contribution in [0.3, 0.4) is 0 Å². The minimum absolute atomic E-state index is 0.0524. The van der Waals surface area contributed by atoms with Crippen LogP contribution in [0.2, 0.25) is 0 Å². The summed E-state index contributed by atoms with van der Waals surface area (Å²) in [4.78, 5) is 15.7. The van der Waals surface area contributed by atoms with Crippen molar-refractivity contribution >= 4 is 16.8 Å². The molecule has 0 fully saturated rings. The van der Waals surface area contributed by atoms with Gasteiger partial charge in [-0.15, -0.1) is 0 Å². The molecule has 2 N–H and O–H groups in total. The number of H-pyrrole nitrogens is 1. The van der Waals surface area contributed by atoms with Gasteiger partial charge >= 0.3 is 0 Å². The third-order valence-corrected chi connectivity index (χ3v) is 5.20. The number of nitrogens with one attached hydrogen (secondary N) is 2. The molecule has 142 valence electrons. The molecule has 1 amide bonds. The highest BCUT2D eigenvalue weighted by Crippen LogP contribution is 2.20. The highest BCUT2D eigenvalue weighted by Gasteiger charge is 2.14. The van der Waals surface area contributed by atoms with Gasteiger partial charge < -0.3 is 10.3 Å². The lowest BCUT2D eigenvalue weighted by atomic mass is 10.1. The van der Waals surface area contributed by atoms with Crippen LogP contribution in [0.1, 0.15) is 28.9 Å². The first-order chi connectivity index (χ1) is 13.6. The molecule has 5 nitrogen and oxygen atoms in total. The highest BCUT2D eigenvalue weighted by molar-refractivity contribution is 5.84. The second kappa shape index (κ2) is 7.72. The Bertz CT molecular complexity index is 1110. The van der Waals surface area contributed by atoms with Gasteiger partial charge in [0.25, 0.3) is 0 Å². The maximum absolute atomic E-state index is 12.4. The number of hydrogen-bond acceptors (Lipinski definition) is 2. The van der Waals surface area contributed by atoms with Gasteiger partial charge in [0.05, 0.1) is 11.4 Å². The molecule has 28 heavy (non-hydrogen) atoms. The molecule has 0 spiro atoms. The van der Waals surface area contributed by atoms with Gasteiger partial charge in [-0.3, -0.25) is 4.79 Å². The van der Waals surface area contributed by atoms with Crippen LogP contribution < -0.4 is 5.32 Å². The molecule has 0 aliphatic carbocycles. The third kappa shape index (κ3) is 3.56. The van der Waals surface area contributed by atoms with Crippen LogP contribution in [0.25, 0.3) is 16.6 Å². The first-order valence-electron chi connectivity index (χ1n) is 9.55. The summed E-state index contributed by atoms with van der Waals surface area (Å²) < 4.78 is 1.93. The summed E-state index contributed by atoms with van der Waals surface area (Å²) in [5.74, 6) is 0.0524. The summed E-state index contributed by atoms with van der Waals surface area (Å²) in [5.41, 5.74) is 6.38. The molecule has 2 aromatic carbocycles. The lowest BCUT2D eigenvalue weighted by molar-refractivity contribution is -0.121. The van der Waals surface area contributed by atoms with Crippen molar-refractivity contribution in [3.05, 3.63) is 83.3 Å². The van der Waals surface area contributed by atoms with E-state index in [0.29, 0.717) is 13.0 Å². The molecule has 2 heterocycles. The van der Waals surface area contributed by atoms with E-state index < -0.39 is 0 Å². The SMILES string of the molecule is Cc1nn(-c2ccccc2)c(C)c1CNC(=O)CCc1c[nH]c2ccccc12. The predicted molar refractivity (Wildman–Crippen MR) is 112 cm³/mol. The Balaban J connectivity index is 1.39. The summed E-state index contributed by atoms with van der Waals surface area (Å²) in [7, 11) is 0. The van der Waals surface area contributed by atoms with Crippen molar-refractivity contribution < 1.29 is 4.79 Å². The van der Waals surface area contributed by atoms with E-state index in [1.165, 1.54) is 10.9 Å². The van der Waals surface area contributed by atoms with E-state index in [9.17, 15) is 4.79 Å². The molecule has 5 heteroatoms. The maximum Gasteiger partial charge on any atom is 0.220 e. The molecule has 0 saturated heterocycles. The van der Waals surface area contributed by atoms with Crippen molar-refractivity contribution in [2.45, 2.75) is 33.2 Å². The van der Waals surface area contributed by atoms with Crippen LogP contribution in [-0.4, -0.2) is 20.7 Å². The Morgan fingerprint density at radius 2 is 1.82 bits per heavy atom. The predicted octanol–water partition coefficient (Wildman–Crippen LogP) is 4.22. The smallest absolute Gasteiger partial charge is 0.220 e. The second-order valence-corrected chi connectivity index (χ2v) is 7.03. The molecule has 0 saturated carbocycles. The van der Waals surface area contributed by atoms with E-state index in [2.05, 4.69) is 27.5 Å². The van der Waals surface area contributed by atoms with E-state index in [1.54, 1.807) is 0 Å². The van der Waals surface area contributed by atoms with E-state index in [0.717, 1.165) is 34.6 Å². The normalized spacial score (nSPS) is 11.1. The van der Waals surface area contributed by atoms with Gasteiger partial charge in [-0.05, 0) is 44.0 Å². The van der Waals surface area contributed by atoms with Crippen LogP contribution in [-0.2, 0) is 17.8 Å². The Morgan fingerprint density at radius 1 is 1.07 bits per heavy atom. The first-order valence-corrected chi connectivity index (χ1v) is 9.55. The van der Waals surface area contributed by atoms with E-state index in [1.807, 2.05) is 67.2 Å². The summed E-state index contributed by atoms with van der Waals surface area (Å²) >= 11 is 0. The number of para-hydroxylation sites is 2. The summed E-state index contributed by atoms with van der Waals surface area (Å²) in [6.45, 7) is 4.53. The van der Waals surface area contributed by atoms with Gasteiger partial charge in [0, 0.05) is 41.3 Å². The molecule has 0 atom stereocenters. The molecule has 2 aromatic heterocycles. The second-order valence-electron chi connectivity index (χ2n) is 7.03. The lowest BCUT2D eigenvalue weighted by Gasteiger charge is -2.07. The zero-order valence-corrected chi connectivity index (χ0v) is 16.2. The van der Waals surface area contributed by atoms with E-state index in [4.69, 9.17) is 0 Å². The highest BCUT2D eigenvalue weighted by atomic mass is 16.1. The van der Waals surface area contributed by atoms with Crippen molar-refractivity contribution in [3.8, 4) is 5.69 Å². The summed E-state index contributed by atoms with van der Waals surface area (Å²) in [6, 6.07) is 18.2. The number of nitrogens with zero attached hydrogens (tertiary/aromatic N) is 2. The van der Waals surface area contributed by atoms with Crippen LogP contribution in [0, 0.1) is 13.8 Å². The number of carbonyl (C=O) groups is 1. The van der Waals surface area contributed by atoms with Gasteiger partial charge in [-0.1, -0.05) is 36.4 Å². The van der Waals surface area contributed by atoms with E-state index >= 15 is 0 Å². The van der Waals surface area contributed by atoms with Crippen LogP contribution in [0.5, 0.6) is 0 Å². The monoisotopic (exact) mass is 372 g/mol. The Labute approximate surface area is 164 Å². The number of aryl methyl sites for hydroxylation is 2. The van der Waals surface area contributed by atoms with Crippen LogP contribution in [0.4, 0.5) is 0 Å². The quantitative estimate of drug-likeness (QED) is 0.532. The standard InChI is InChI=1S/C23H24N4O/c1-16-21(17(2)27(26-16)19-8-4-3-5-9-19)15-25-23(28)13-12-18-14-24-22-11-7-6-10-20(18)22/h3-11,14,24H,12-13,15H2,1-2H3,(H,25,28). The number of aromatic amines is 1. The molecule has 0 bridgehead atoms. The van der Waals surface area contributed by atoms with E-state index in [-0.39, 0.29) is 5.91 Å². The average Bonchev–Trinajstić information content (AvgIpc) is 3.26. The Morgan fingerprint density at radius 3 is 2.64 bits per heavy atom. The van der Waals surface area contributed by atoms with Gasteiger partial charge in [0.2, 0.25) is 5.91 Å². The number of amides is 1.